The van der Waals surface area contributed by atoms with Crippen molar-refractivity contribution in [2.75, 3.05) is 13.2 Å². The average molecular weight is 269 g/mol. The highest BCUT2D eigenvalue weighted by molar-refractivity contribution is 6.02. The van der Waals surface area contributed by atoms with Crippen LogP contribution in [0.25, 0.3) is 0 Å². The van der Waals surface area contributed by atoms with Gasteiger partial charge in [0, 0.05) is 5.92 Å². The van der Waals surface area contributed by atoms with E-state index in [1.54, 1.807) is 13.8 Å². The Kier molecular flexibility index (Phi) is 6.05. The van der Waals surface area contributed by atoms with Crippen molar-refractivity contribution in [1.29, 1.82) is 0 Å². The lowest BCUT2D eigenvalue weighted by atomic mass is 10.1. The molecule has 0 heterocycles. The fourth-order valence-corrected chi connectivity index (χ4v) is 1.76. The highest BCUT2D eigenvalue weighted by Gasteiger charge is 2.33. The monoisotopic (exact) mass is 269 g/mol. The van der Waals surface area contributed by atoms with Crippen LogP contribution >= 0.6 is 0 Å². The Hall–Kier alpha value is -1.85. The third-order valence-electron chi connectivity index (χ3n) is 2.71. The van der Waals surface area contributed by atoms with E-state index < -0.39 is 18.0 Å². The Morgan fingerprint density at radius 2 is 1.58 bits per heavy atom. The summed E-state index contributed by atoms with van der Waals surface area (Å²) in [6.45, 7) is 3.52. The first-order chi connectivity index (χ1) is 9.10. The van der Waals surface area contributed by atoms with Crippen LogP contribution < -0.4 is 5.32 Å². The number of esters is 2. The predicted octanol–water partition coefficient (Wildman–Crippen LogP) is 0.564. The first kappa shape index (κ1) is 15.2. The van der Waals surface area contributed by atoms with Crippen molar-refractivity contribution < 1.29 is 23.9 Å². The van der Waals surface area contributed by atoms with E-state index in [2.05, 4.69) is 5.32 Å². The highest BCUT2D eigenvalue weighted by Crippen LogP contribution is 2.17. The Balaban J connectivity index is 2.64. The van der Waals surface area contributed by atoms with E-state index in [9.17, 15) is 14.4 Å². The molecule has 0 aromatic rings. The Labute approximate surface area is 112 Å². The lowest BCUT2D eigenvalue weighted by molar-refractivity contribution is -0.159. The van der Waals surface area contributed by atoms with E-state index in [0.29, 0.717) is 12.8 Å². The van der Waals surface area contributed by atoms with Gasteiger partial charge >= 0.3 is 11.9 Å². The molecular formula is C13H19NO5. The summed E-state index contributed by atoms with van der Waals surface area (Å²) in [6.07, 6.45) is 5.02. The van der Waals surface area contributed by atoms with Gasteiger partial charge in [-0.25, -0.2) is 9.59 Å². The summed E-state index contributed by atoms with van der Waals surface area (Å²) >= 11 is 0. The van der Waals surface area contributed by atoms with Crippen LogP contribution in [0.2, 0.25) is 0 Å². The number of carbonyl (C=O) groups is 3. The number of rotatable bonds is 6. The average Bonchev–Trinajstić information content (AvgIpc) is 2.90. The molecular weight excluding hydrogens is 250 g/mol. The SMILES string of the molecule is CCOC(=O)C(NC(=O)C1CC=CC1)C(=O)OCC. The molecule has 1 rings (SSSR count). The maximum atomic E-state index is 11.9. The lowest BCUT2D eigenvalue weighted by Crippen LogP contribution is -2.49. The van der Waals surface area contributed by atoms with Gasteiger partial charge in [0.2, 0.25) is 11.9 Å². The summed E-state index contributed by atoms with van der Waals surface area (Å²) in [5.41, 5.74) is 0. The van der Waals surface area contributed by atoms with Gasteiger partial charge in [0.25, 0.3) is 0 Å². The molecule has 0 saturated heterocycles. The molecule has 0 aromatic carbocycles. The van der Waals surface area contributed by atoms with Gasteiger partial charge in [-0.1, -0.05) is 12.2 Å². The molecule has 19 heavy (non-hydrogen) atoms. The van der Waals surface area contributed by atoms with Crippen LogP contribution in [-0.2, 0) is 23.9 Å². The van der Waals surface area contributed by atoms with Crippen molar-refractivity contribution in [3.8, 4) is 0 Å². The minimum Gasteiger partial charge on any atom is -0.464 e. The number of carbonyl (C=O) groups excluding carboxylic acids is 3. The molecule has 0 unspecified atom stereocenters. The summed E-state index contributed by atoms with van der Waals surface area (Å²) in [4.78, 5) is 35.2. The van der Waals surface area contributed by atoms with Gasteiger partial charge in [-0.15, -0.1) is 0 Å². The molecule has 1 aliphatic carbocycles. The molecule has 0 radical (unpaired) electrons. The molecule has 0 fully saturated rings. The molecule has 1 amide bonds. The van der Waals surface area contributed by atoms with Crippen LogP contribution in [0.15, 0.2) is 12.2 Å². The third-order valence-corrected chi connectivity index (χ3v) is 2.71. The summed E-state index contributed by atoms with van der Waals surface area (Å²) in [6, 6.07) is -1.38. The van der Waals surface area contributed by atoms with Crippen LogP contribution in [0, 0.1) is 5.92 Å². The molecule has 0 spiro atoms. The number of hydrogen-bond acceptors (Lipinski definition) is 5. The number of nitrogens with one attached hydrogen (secondary N) is 1. The first-order valence-corrected chi connectivity index (χ1v) is 6.38. The maximum absolute atomic E-state index is 11.9. The molecule has 0 atom stereocenters. The largest absolute Gasteiger partial charge is 0.464 e. The fraction of sp³-hybridized carbons (Fsp3) is 0.615. The Morgan fingerprint density at radius 1 is 1.11 bits per heavy atom. The third kappa shape index (κ3) is 4.39. The molecule has 0 aliphatic heterocycles. The quantitative estimate of drug-likeness (QED) is 0.433. The van der Waals surface area contributed by atoms with E-state index >= 15 is 0 Å². The molecule has 1 N–H and O–H groups in total. The second kappa shape index (κ2) is 7.56. The van der Waals surface area contributed by atoms with Gasteiger partial charge in [0.05, 0.1) is 13.2 Å². The zero-order valence-electron chi connectivity index (χ0n) is 11.2. The summed E-state index contributed by atoms with van der Waals surface area (Å²) in [7, 11) is 0. The van der Waals surface area contributed by atoms with Gasteiger partial charge in [-0.05, 0) is 26.7 Å². The predicted molar refractivity (Wildman–Crippen MR) is 67.1 cm³/mol. The molecule has 1 aliphatic rings. The summed E-state index contributed by atoms with van der Waals surface area (Å²) in [5.74, 6) is -2.15. The van der Waals surface area contributed by atoms with Crippen LogP contribution in [0.5, 0.6) is 0 Å². The van der Waals surface area contributed by atoms with E-state index in [0.717, 1.165) is 0 Å². The number of hydrogen-bond donors (Lipinski definition) is 1. The standard InChI is InChI=1S/C13H19NO5/c1-3-18-12(16)10(13(17)19-4-2)14-11(15)9-7-5-6-8-9/h5-6,9-10H,3-4,7-8H2,1-2H3,(H,14,15). The summed E-state index contributed by atoms with van der Waals surface area (Å²) < 4.78 is 9.53. The second-order valence-corrected chi connectivity index (χ2v) is 4.09. The van der Waals surface area contributed by atoms with Crippen LogP contribution in [0.4, 0.5) is 0 Å². The number of ether oxygens (including phenoxy) is 2. The second-order valence-electron chi connectivity index (χ2n) is 4.09. The van der Waals surface area contributed by atoms with Gasteiger partial charge in [0.15, 0.2) is 0 Å². The molecule has 6 heteroatoms. The molecule has 0 bridgehead atoms. The van der Waals surface area contributed by atoms with Gasteiger partial charge < -0.3 is 14.8 Å². The van der Waals surface area contributed by atoms with Crippen molar-refractivity contribution in [2.24, 2.45) is 5.92 Å². The molecule has 0 saturated carbocycles. The minimum absolute atomic E-state index is 0.135. The van der Waals surface area contributed by atoms with E-state index in [4.69, 9.17) is 9.47 Å². The van der Waals surface area contributed by atoms with Crippen molar-refractivity contribution in [3.05, 3.63) is 12.2 Å². The van der Waals surface area contributed by atoms with E-state index in [1.165, 1.54) is 0 Å². The molecule has 6 nitrogen and oxygen atoms in total. The lowest BCUT2D eigenvalue weighted by Gasteiger charge is -2.18. The van der Waals surface area contributed by atoms with Gasteiger partial charge in [-0.2, -0.15) is 0 Å². The fourth-order valence-electron chi connectivity index (χ4n) is 1.76. The van der Waals surface area contributed by atoms with E-state index in [-0.39, 0.29) is 25.0 Å². The number of allylic oxidation sites excluding steroid dienone is 2. The van der Waals surface area contributed by atoms with Crippen molar-refractivity contribution in [3.63, 3.8) is 0 Å². The van der Waals surface area contributed by atoms with E-state index in [1.807, 2.05) is 12.2 Å². The topological polar surface area (TPSA) is 81.7 Å². The smallest absolute Gasteiger partial charge is 0.340 e. The van der Waals surface area contributed by atoms with Gasteiger partial charge in [-0.3, -0.25) is 4.79 Å². The highest BCUT2D eigenvalue weighted by atomic mass is 16.6. The molecule has 0 aromatic heterocycles. The summed E-state index contributed by atoms with van der Waals surface area (Å²) in [5, 5.41) is 2.40. The van der Waals surface area contributed by atoms with Crippen molar-refractivity contribution >= 4 is 17.8 Å². The van der Waals surface area contributed by atoms with Crippen LogP contribution in [0.3, 0.4) is 0 Å². The Bertz CT molecular complexity index is 351. The zero-order chi connectivity index (χ0) is 14.3. The Morgan fingerprint density at radius 3 is 2.00 bits per heavy atom. The van der Waals surface area contributed by atoms with Gasteiger partial charge in [0.1, 0.15) is 0 Å². The maximum Gasteiger partial charge on any atom is 0.340 e. The zero-order valence-corrected chi connectivity index (χ0v) is 11.2. The van der Waals surface area contributed by atoms with Crippen LogP contribution in [0.1, 0.15) is 26.7 Å². The first-order valence-electron chi connectivity index (χ1n) is 6.38. The molecule has 106 valence electrons. The number of amides is 1. The van der Waals surface area contributed by atoms with Crippen molar-refractivity contribution in [1.82, 2.24) is 5.32 Å². The minimum atomic E-state index is -1.38. The van der Waals surface area contributed by atoms with Crippen LogP contribution in [-0.4, -0.2) is 37.1 Å². The van der Waals surface area contributed by atoms with Crippen molar-refractivity contribution in [2.45, 2.75) is 32.7 Å². The normalized spacial score (nSPS) is 14.5.